The first kappa shape index (κ1) is 10.1. The normalized spacial score (nSPS) is 9.50. The number of hydrogen-bond acceptors (Lipinski definition) is 5. The summed E-state index contributed by atoms with van der Waals surface area (Å²) >= 11 is 0. The van der Waals surface area contributed by atoms with Crippen molar-refractivity contribution in [3.05, 3.63) is 42.1 Å². The standard InChI is InChI=1S/C11H9N5/c1-8-4-9(7-13-6-8)16-11-10(5-12)14-2-3-15-11/h2-4,6-7H,1H3,(H,15,16). The van der Waals surface area contributed by atoms with E-state index < -0.39 is 0 Å². The smallest absolute Gasteiger partial charge is 0.183 e. The summed E-state index contributed by atoms with van der Waals surface area (Å²) in [5.41, 5.74) is 2.09. The molecule has 0 aliphatic rings. The first-order chi connectivity index (χ1) is 7.79. The fraction of sp³-hybridized carbons (Fsp3) is 0.0909. The fourth-order valence-corrected chi connectivity index (χ4v) is 1.27. The van der Waals surface area contributed by atoms with E-state index in [0.29, 0.717) is 5.82 Å². The topological polar surface area (TPSA) is 74.5 Å². The van der Waals surface area contributed by atoms with E-state index in [4.69, 9.17) is 5.26 Å². The second-order valence-electron chi connectivity index (χ2n) is 3.24. The average Bonchev–Trinajstić information content (AvgIpc) is 2.30. The van der Waals surface area contributed by atoms with E-state index in [-0.39, 0.29) is 5.69 Å². The van der Waals surface area contributed by atoms with E-state index in [1.54, 1.807) is 12.4 Å². The number of pyridine rings is 1. The predicted molar refractivity (Wildman–Crippen MR) is 59.0 cm³/mol. The van der Waals surface area contributed by atoms with Gasteiger partial charge in [-0.1, -0.05) is 0 Å². The summed E-state index contributed by atoms with van der Waals surface area (Å²) in [4.78, 5) is 12.0. The molecule has 0 bridgehead atoms. The van der Waals surface area contributed by atoms with Crippen LogP contribution in [0.5, 0.6) is 0 Å². The van der Waals surface area contributed by atoms with Crippen LogP contribution < -0.4 is 5.32 Å². The van der Waals surface area contributed by atoms with Crippen molar-refractivity contribution in [1.29, 1.82) is 5.26 Å². The molecule has 0 aliphatic carbocycles. The van der Waals surface area contributed by atoms with Crippen molar-refractivity contribution in [3.63, 3.8) is 0 Å². The van der Waals surface area contributed by atoms with Gasteiger partial charge in [-0.2, -0.15) is 5.26 Å². The van der Waals surface area contributed by atoms with Crippen molar-refractivity contribution in [1.82, 2.24) is 15.0 Å². The number of nitrogens with one attached hydrogen (secondary N) is 1. The lowest BCUT2D eigenvalue weighted by Gasteiger charge is -2.05. The molecule has 0 aromatic carbocycles. The molecule has 0 saturated heterocycles. The Labute approximate surface area is 92.8 Å². The third-order valence-electron chi connectivity index (χ3n) is 1.94. The summed E-state index contributed by atoms with van der Waals surface area (Å²) in [6, 6.07) is 3.89. The molecule has 0 fully saturated rings. The third kappa shape index (κ3) is 2.12. The van der Waals surface area contributed by atoms with Crippen molar-refractivity contribution in [3.8, 4) is 6.07 Å². The third-order valence-corrected chi connectivity index (χ3v) is 1.94. The number of nitrogens with zero attached hydrogens (tertiary/aromatic N) is 4. The van der Waals surface area contributed by atoms with Gasteiger partial charge in [-0.15, -0.1) is 0 Å². The van der Waals surface area contributed by atoms with Gasteiger partial charge in [0.1, 0.15) is 6.07 Å². The zero-order valence-electron chi connectivity index (χ0n) is 8.68. The van der Waals surface area contributed by atoms with Gasteiger partial charge in [0.25, 0.3) is 0 Å². The van der Waals surface area contributed by atoms with Crippen molar-refractivity contribution in [2.24, 2.45) is 0 Å². The van der Waals surface area contributed by atoms with E-state index in [1.165, 1.54) is 12.4 Å². The number of hydrogen-bond donors (Lipinski definition) is 1. The fourth-order valence-electron chi connectivity index (χ4n) is 1.27. The zero-order valence-corrected chi connectivity index (χ0v) is 8.68. The monoisotopic (exact) mass is 211 g/mol. The molecular formula is C11H9N5. The van der Waals surface area contributed by atoms with Gasteiger partial charge in [-0.3, -0.25) is 4.98 Å². The van der Waals surface area contributed by atoms with Gasteiger partial charge in [0.15, 0.2) is 11.5 Å². The van der Waals surface area contributed by atoms with Crippen LogP contribution in [0.4, 0.5) is 11.5 Å². The van der Waals surface area contributed by atoms with E-state index in [0.717, 1.165) is 11.3 Å². The number of aryl methyl sites for hydroxylation is 1. The Morgan fingerprint density at radius 2 is 2.06 bits per heavy atom. The Morgan fingerprint density at radius 1 is 1.25 bits per heavy atom. The maximum absolute atomic E-state index is 8.84. The highest BCUT2D eigenvalue weighted by molar-refractivity contribution is 5.59. The molecule has 0 unspecified atom stereocenters. The highest BCUT2D eigenvalue weighted by atomic mass is 15.0. The molecule has 5 heteroatoms. The largest absolute Gasteiger partial charge is 0.337 e. The summed E-state index contributed by atoms with van der Waals surface area (Å²) in [6.45, 7) is 1.94. The predicted octanol–water partition coefficient (Wildman–Crippen LogP) is 1.80. The molecule has 0 atom stereocenters. The van der Waals surface area contributed by atoms with Gasteiger partial charge >= 0.3 is 0 Å². The van der Waals surface area contributed by atoms with Crippen LogP contribution in [0, 0.1) is 18.3 Å². The quantitative estimate of drug-likeness (QED) is 0.819. The minimum absolute atomic E-state index is 0.268. The Bertz CT molecular complexity index is 544. The summed E-state index contributed by atoms with van der Waals surface area (Å²) in [5.74, 6) is 0.442. The molecule has 0 spiro atoms. The summed E-state index contributed by atoms with van der Waals surface area (Å²) in [7, 11) is 0. The lowest BCUT2D eigenvalue weighted by Crippen LogP contribution is -1.99. The minimum atomic E-state index is 0.268. The van der Waals surface area contributed by atoms with Crippen LogP contribution in [0.3, 0.4) is 0 Å². The van der Waals surface area contributed by atoms with Crippen LogP contribution in [0.2, 0.25) is 0 Å². The highest BCUT2D eigenvalue weighted by Crippen LogP contribution is 2.15. The molecule has 2 aromatic rings. The van der Waals surface area contributed by atoms with Crippen LogP contribution >= 0.6 is 0 Å². The molecule has 2 rings (SSSR count). The number of nitriles is 1. The van der Waals surface area contributed by atoms with Gasteiger partial charge in [-0.05, 0) is 18.6 Å². The lowest BCUT2D eigenvalue weighted by atomic mass is 10.3. The van der Waals surface area contributed by atoms with E-state index in [9.17, 15) is 0 Å². The van der Waals surface area contributed by atoms with E-state index >= 15 is 0 Å². The number of anilines is 2. The van der Waals surface area contributed by atoms with Gasteiger partial charge in [-0.25, -0.2) is 9.97 Å². The molecule has 2 aromatic heterocycles. The molecule has 0 amide bonds. The zero-order chi connectivity index (χ0) is 11.4. The van der Waals surface area contributed by atoms with E-state index in [2.05, 4.69) is 20.3 Å². The van der Waals surface area contributed by atoms with Crippen molar-refractivity contribution < 1.29 is 0 Å². The van der Waals surface area contributed by atoms with Gasteiger partial charge in [0.05, 0.1) is 11.9 Å². The molecule has 0 saturated carbocycles. The van der Waals surface area contributed by atoms with Crippen LogP contribution in [-0.2, 0) is 0 Å². The molecule has 2 heterocycles. The summed E-state index contributed by atoms with van der Waals surface area (Å²) < 4.78 is 0. The maximum Gasteiger partial charge on any atom is 0.183 e. The average molecular weight is 211 g/mol. The molecule has 16 heavy (non-hydrogen) atoms. The molecule has 5 nitrogen and oxygen atoms in total. The first-order valence-corrected chi connectivity index (χ1v) is 4.69. The Kier molecular flexibility index (Phi) is 2.74. The van der Waals surface area contributed by atoms with Gasteiger partial charge < -0.3 is 5.32 Å². The lowest BCUT2D eigenvalue weighted by molar-refractivity contribution is 1.16. The SMILES string of the molecule is Cc1cncc(Nc2nccnc2C#N)c1. The number of rotatable bonds is 2. The number of aromatic nitrogens is 3. The molecular weight excluding hydrogens is 202 g/mol. The van der Waals surface area contributed by atoms with Crippen molar-refractivity contribution >= 4 is 11.5 Å². The first-order valence-electron chi connectivity index (χ1n) is 4.69. The van der Waals surface area contributed by atoms with Crippen LogP contribution in [0.15, 0.2) is 30.9 Å². The Hall–Kier alpha value is -2.48. The van der Waals surface area contributed by atoms with E-state index in [1.807, 2.05) is 19.1 Å². The van der Waals surface area contributed by atoms with Crippen molar-refractivity contribution in [2.45, 2.75) is 6.92 Å². The molecule has 0 aliphatic heterocycles. The second-order valence-corrected chi connectivity index (χ2v) is 3.24. The summed E-state index contributed by atoms with van der Waals surface area (Å²) in [5, 5.41) is 11.8. The Morgan fingerprint density at radius 3 is 2.81 bits per heavy atom. The second kappa shape index (κ2) is 4.36. The molecule has 1 N–H and O–H groups in total. The van der Waals surface area contributed by atoms with Crippen LogP contribution in [0.1, 0.15) is 11.3 Å². The van der Waals surface area contributed by atoms with Crippen molar-refractivity contribution in [2.75, 3.05) is 5.32 Å². The minimum Gasteiger partial charge on any atom is -0.337 e. The van der Waals surface area contributed by atoms with Gasteiger partial charge in [0, 0.05) is 18.6 Å². The summed E-state index contributed by atoms with van der Waals surface area (Å²) in [6.07, 6.45) is 6.44. The van der Waals surface area contributed by atoms with Crippen LogP contribution in [-0.4, -0.2) is 15.0 Å². The molecule has 78 valence electrons. The van der Waals surface area contributed by atoms with Gasteiger partial charge in [0.2, 0.25) is 0 Å². The maximum atomic E-state index is 8.84. The molecule has 0 radical (unpaired) electrons. The Balaban J connectivity index is 2.31. The highest BCUT2D eigenvalue weighted by Gasteiger charge is 2.04. The van der Waals surface area contributed by atoms with Crippen LogP contribution in [0.25, 0.3) is 0 Å².